The first-order valence-electron chi connectivity index (χ1n) is 12.9. The van der Waals surface area contributed by atoms with Crippen molar-refractivity contribution >= 4 is 5.97 Å². The van der Waals surface area contributed by atoms with Gasteiger partial charge in [0, 0.05) is 12.5 Å². The summed E-state index contributed by atoms with van der Waals surface area (Å²) < 4.78 is 100. The summed E-state index contributed by atoms with van der Waals surface area (Å²) in [4.78, 5) is 13.5. The molecule has 1 aliphatic heterocycles. The van der Waals surface area contributed by atoms with Crippen LogP contribution in [0.2, 0.25) is 0 Å². The van der Waals surface area contributed by atoms with Crippen molar-refractivity contribution in [1.29, 1.82) is 0 Å². The molecule has 0 bridgehead atoms. The van der Waals surface area contributed by atoms with Crippen LogP contribution in [0.15, 0.2) is 42.5 Å². The number of carboxylic acids is 1. The monoisotopic (exact) mass is 561 g/mol. The maximum atomic E-state index is 13.7. The Morgan fingerprint density at radius 2 is 1.51 bits per heavy atom. The minimum absolute atomic E-state index is 0.0290. The molecule has 4 atom stereocenters. The molecule has 1 heterocycles. The fraction of sp³-hybridized carbons (Fsp3) is 0.536. The lowest BCUT2D eigenvalue weighted by molar-refractivity contribution is -0.144. The summed E-state index contributed by atoms with van der Waals surface area (Å²) in [6.07, 6.45) is -9.24. The van der Waals surface area contributed by atoms with E-state index in [-0.39, 0.29) is 29.4 Å². The first-order valence-corrected chi connectivity index (χ1v) is 12.9. The first kappa shape index (κ1) is 29.3. The van der Waals surface area contributed by atoms with Crippen LogP contribution >= 0.6 is 0 Å². The van der Waals surface area contributed by atoms with Gasteiger partial charge in [0.05, 0.1) is 29.3 Å². The number of piperidine rings is 1. The van der Waals surface area contributed by atoms with E-state index in [1.54, 1.807) is 12.1 Å². The average Bonchev–Trinajstić information content (AvgIpc) is 3.25. The second-order valence-electron chi connectivity index (χ2n) is 10.5. The number of rotatable bonds is 7. The number of alkyl halides is 6. The van der Waals surface area contributed by atoms with Gasteiger partial charge >= 0.3 is 18.3 Å². The Morgan fingerprint density at radius 1 is 0.949 bits per heavy atom. The summed E-state index contributed by atoms with van der Waals surface area (Å²) in [5, 5.41) is 9.27. The van der Waals surface area contributed by atoms with Crippen molar-refractivity contribution in [2.75, 3.05) is 19.6 Å². The van der Waals surface area contributed by atoms with Crippen molar-refractivity contribution < 1.29 is 45.4 Å². The summed E-state index contributed by atoms with van der Waals surface area (Å²) in [5.74, 6) is -1.87. The van der Waals surface area contributed by atoms with Crippen LogP contribution in [0, 0.1) is 17.7 Å². The molecule has 0 amide bonds. The molecule has 0 radical (unpaired) electrons. The van der Waals surface area contributed by atoms with Gasteiger partial charge in [-0.3, -0.25) is 4.79 Å². The molecule has 214 valence electrons. The van der Waals surface area contributed by atoms with Crippen LogP contribution in [0.3, 0.4) is 0 Å². The van der Waals surface area contributed by atoms with Gasteiger partial charge in [0.2, 0.25) is 0 Å². The highest BCUT2D eigenvalue weighted by Gasteiger charge is 2.41. The van der Waals surface area contributed by atoms with Gasteiger partial charge in [-0.05, 0) is 93.1 Å². The number of hydrogen-bond donors (Lipinski definition) is 1. The molecule has 39 heavy (non-hydrogen) atoms. The molecule has 2 aromatic carbocycles. The number of carboxylic acid groups (broad SMARTS) is 1. The third kappa shape index (κ3) is 7.11. The Balaban J connectivity index is 1.56. The van der Waals surface area contributed by atoms with E-state index in [2.05, 4.69) is 4.90 Å². The molecule has 1 N–H and O–H groups in total. The van der Waals surface area contributed by atoms with Crippen LogP contribution in [0.1, 0.15) is 66.9 Å². The van der Waals surface area contributed by atoms with E-state index in [9.17, 15) is 40.6 Å². The highest BCUT2D eigenvalue weighted by molar-refractivity contribution is 5.70. The topological polar surface area (TPSA) is 49.8 Å². The Kier molecular flexibility index (Phi) is 8.61. The maximum absolute atomic E-state index is 13.7. The summed E-state index contributed by atoms with van der Waals surface area (Å²) >= 11 is 0. The lowest BCUT2D eigenvalue weighted by Crippen LogP contribution is -2.40. The fourth-order valence-electron chi connectivity index (χ4n) is 5.82. The van der Waals surface area contributed by atoms with Crippen molar-refractivity contribution in [1.82, 2.24) is 4.90 Å². The molecule has 1 aliphatic carbocycles. The number of ether oxygens (including phenoxy) is 1. The summed E-state index contributed by atoms with van der Waals surface area (Å²) in [7, 11) is 0. The summed E-state index contributed by atoms with van der Waals surface area (Å²) in [6.45, 7) is 3.28. The molecule has 0 aromatic heterocycles. The largest absolute Gasteiger partial charge is 0.481 e. The van der Waals surface area contributed by atoms with E-state index < -0.39 is 47.5 Å². The van der Waals surface area contributed by atoms with Crippen LogP contribution in [0.25, 0.3) is 0 Å². The number of aliphatic carboxylic acids is 1. The lowest BCUT2D eigenvalue weighted by atomic mass is 9.86. The van der Waals surface area contributed by atoms with Crippen molar-refractivity contribution in [2.24, 2.45) is 11.8 Å². The Hall–Kier alpha value is -2.66. The number of benzene rings is 2. The van der Waals surface area contributed by atoms with E-state index in [0.29, 0.717) is 57.5 Å². The third-order valence-corrected chi connectivity index (χ3v) is 7.87. The highest BCUT2D eigenvalue weighted by atomic mass is 19.4. The molecule has 2 aromatic rings. The van der Waals surface area contributed by atoms with Crippen molar-refractivity contribution in [3.63, 3.8) is 0 Å². The molecule has 4 rings (SSSR count). The second-order valence-corrected chi connectivity index (χ2v) is 10.5. The van der Waals surface area contributed by atoms with Gasteiger partial charge in [0.15, 0.2) is 0 Å². The van der Waals surface area contributed by atoms with E-state index in [4.69, 9.17) is 4.74 Å². The zero-order valence-corrected chi connectivity index (χ0v) is 21.2. The van der Waals surface area contributed by atoms with E-state index in [1.165, 1.54) is 19.1 Å². The zero-order valence-electron chi connectivity index (χ0n) is 21.2. The van der Waals surface area contributed by atoms with Crippen molar-refractivity contribution in [3.05, 3.63) is 70.5 Å². The Bertz CT molecular complexity index is 1110. The molecule has 2 fully saturated rings. The molecule has 0 unspecified atom stereocenters. The van der Waals surface area contributed by atoms with E-state index in [1.807, 2.05) is 0 Å². The fourth-order valence-corrected chi connectivity index (χ4v) is 5.82. The van der Waals surface area contributed by atoms with Crippen LogP contribution in [-0.2, 0) is 21.9 Å². The first-order chi connectivity index (χ1) is 18.2. The number of carbonyl (C=O) groups is 1. The quantitative estimate of drug-likeness (QED) is 0.361. The van der Waals surface area contributed by atoms with Crippen molar-refractivity contribution in [3.8, 4) is 0 Å². The minimum Gasteiger partial charge on any atom is -0.481 e. The predicted molar refractivity (Wildman–Crippen MR) is 128 cm³/mol. The molecule has 1 saturated heterocycles. The van der Waals surface area contributed by atoms with E-state index in [0.717, 1.165) is 5.56 Å². The van der Waals surface area contributed by atoms with Crippen LogP contribution in [-0.4, -0.2) is 41.7 Å². The van der Waals surface area contributed by atoms with Crippen molar-refractivity contribution in [2.45, 2.75) is 63.1 Å². The van der Waals surface area contributed by atoms with Gasteiger partial charge in [-0.1, -0.05) is 12.1 Å². The Morgan fingerprint density at radius 3 is 2.03 bits per heavy atom. The highest BCUT2D eigenvalue weighted by Crippen LogP contribution is 2.45. The van der Waals surface area contributed by atoms with Crippen LogP contribution in [0.4, 0.5) is 30.7 Å². The average molecular weight is 562 g/mol. The van der Waals surface area contributed by atoms with Gasteiger partial charge < -0.3 is 14.7 Å². The van der Waals surface area contributed by atoms with E-state index >= 15 is 0 Å². The van der Waals surface area contributed by atoms with Crippen LogP contribution in [0.5, 0.6) is 0 Å². The zero-order chi connectivity index (χ0) is 28.5. The number of nitrogens with zero attached hydrogens (tertiary/aromatic N) is 1. The SMILES string of the molecule is C[C@@H](O[C@H]1CC[C@@H](CN2CCC(C(=O)O)CC2)[C@@H]1c1ccc(F)cc1)c1cc(C(F)(F)F)cc(C(F)(F)F)c1. The molecule has 1 saturated carbocycles. The van der Waals surface area contributed by atoms with Crippen LogP contribution < -0.4 is 0 Å². The lowest BCUT2D eigenvalue weighted by Gasteiger charge is -2.35. The number of likely N-dealkylation sites (tertiary alicyclic amines) is 1. The molecule has 4 nitrogen and oxygen atoms in total. The predicted octanol–water partition coefficient (Wildman–Crippen LogP) is 7.30. The number of hydrogen-bond acceptors (Lipinski definition) is 3. The third-order valence-electron chi connectivity index (χ3n) is 7.87. The normalized spacial score (nSPS) is 24.2. The number of halogens is 7. The van der Waals surface area contributed by atoms with Gasteiger partial charge in [0.1, 0.15) is 5.82 Å². The Labute approximate surface area is 221 Å². The van der Waals surface area contributed by atoms with Gasteiger partial charge in [0.25, 0.3) is 0 Å². The van der Waals surface area contributed by atoms with Gasteiger partial charge in [-0.15, -0.1) is 0 Å². The molecular formula is C28H30F7NO3. The molecule has 2 aliphatic rings. The minimum atomic E-state index is -4.96. The molecule has 11 heteroatoms. The summed E-state index contributed by atoms with van der Waals surface area (Å²) in [6, 6.07) is 7.34. The maximum Gasteiger partial charge on any atom is 0.416 e. The molecule has 0 spiro atoms. The smallest absolute Gasteiger partial charge is 0.416 e. The summed E-state index contributed by atoms with van der Waals surface area (Å²) in [5.41, 5.74) is -2.25. The van der Waals surface area contributed by atoms with Gasteiger partial charge in [-0.25, -0.2) is 4.39 Å². The second kappa shape index (κ2) is 11.4. The van der Waals surface area contributed by atoms with Gasteiger partial charge in [-0.2, -0.15) is 26.3 Å². The molecular weight excluding hydrogens is 531 g/mol. The standard InChI is InChI=1S/C28H30F7NO3/c1-16(20-12-21(27(30,31)32)14-22(13-20)28(33,34)35)39-24-7-4-19(25(24)17-2-5-23(29)6-3-17)15-36-10-8-18(9-11-36)26(37)38/h2-3,5-6,12-14,16,18-19,24-25H,4,7-11,15H2,1H3,(H,37,38)/t16-,19+,24+,25+/m1/s1.